The van der Waals surface area contributed by atoms with Gasteiger partial charge in [-0.2, -0.15) is 14.9 Å². The van der Waals surface area contributed by atoms with E-state index in [9.17, 15) is 5.11 Å². The van der Waals surface area contributed by atoms with E-state index >= 15 is 0 Å². The van der Waals surface area contributed by atoms with Crippen LogP contribution >= 0.6 is 0 Å². The normalized spacial score (nSPS) is 11.5. The van der Waals surface area contributed by atoms with Gasteiger partial charge in [-0.3, -0.25) is 0 Å². The molecule has 0 aliphatic rings. The second-order valence-electron chi connectivity index (χ2n) is 7.22. The molecule has 0 saturated carbocycles. The van der Waals surface area contributed by atoms with Crippen LogP contribution < -0.4 is 5.43 Å². The Morgan fingerprint density at radius 1 is 0.818 bits per heavy atom. The van der Waals surface area contributed by atoms with E-state index in [1.54, 1.807) is 4.68 Å². The molecule has 2 heterocycles. The van der Waals surface area contributed by atoms with Crippen LogP contribution in [0.2, 0.25) is 0 Å². The predicted octanol–water partition coefficient (Wildman–Crippen LogP) is 3.73. The summed E-state index contributed by atoms with van der Waals surface area (Å²) in [5.74, 6) is 0.327. The highest BCUT2D eigenvalue weighted by Crippen LogP contribution is 2.28. The lowest BCUT2D eigenvalue weighted by Crippen LogP contribution is -2.10. The Balaban J connectivity index is 1.59. The molecule has 9 heteroatoms. The molecule has 2 N–H and O–H groups in total. The molecule has 0 bridgehead atoms. The molecule has 33 heavy (non-hydrogen) atoms. The molecule has 2 aromatic heterocycles. The number of tetrazole rings is 1. The minimum Gasteiger partial charge on any atom is -0.493 e. The van der Waals surface area contributed by atoms with E-state index < -0.39 is 0 Å². The van der Waals surface area contributed by atoms with Crippen molar-refractivity contribution in [3.63, 3.8) is 0 Å². The van der Waals surface area contributed by atoms with Gasteiger partial charge in [-0.1, -0.05) is 71.8 Å². The van der Waals surface area contributed by atoms with E-state index in [1.165, 1.54) is 4.68 Å². The third-order valence-electron chi connectivity index (χ3n) is 5.06. The lowest BCUT2D eigenvalue weighted by Gasteiger charge is -2.09. The molecular weight excluding hydrogens is 416 g/mol. The van der Waals surface area contributed by atoms with Gasteiger partial charge in [0.05, 0.1) is 22.6 Å². The number of aromatic hydroxyl groups is 1. The minimum atomic E-state index is -0.00856. The number of hydrogen-bond acceptors (Lipinski definition) is 7. The molecule has 9 nitrogen and oxygen atoms in total. The van der Waals surface area contributed by atoms with Crippen molar-refractivity contribution in [2.24, 2.45) is 5.10 Å². The number of aromatic nitrogens is 6. The van der Waals surface area contributed by atoms with Crippen LogP contribution in [0.4, 0.5) is 5.95 Å². The first kappa shape index (κ1) is 20.1. The van der Waals surface area contributed by atoms with Gasteiger partial charge in [0, 0.05) is 5.56 Å². The second kappa shape index (κ2) is 8.75. The molecule has 0 spiro atoms. The fourth-order valence-corrected chi connectivity index (χ4v) is 3.51. The number of rotatable bonds is 6. The van der Waals surface area contributed by atoms with Gasteiger partial charge in [0.2, 0.25) is 5.88 Å². The summed E-state index contributed by atoms with van der Waals surface area (Å²) in [5.41, 5.74) is 6.95. The third-order valence-corrected chi connectivity index (χ3v) is 5.06. The summed E-state index contributed by atoms with van der Waals surface area (Å²) in [4.78, 5) is 0. The molecule has 0 aliphatic heterocycles. The van der Waals surface area contributed by atoms with Crippen LogP contribution in [0.5, 0.6) is 5.88 Å². The standard InChI is InChI=1S/C24H20N8O/c1-17-21(23(33)31(28-17)19-13-7-3-8-14-19)22(18-11-5-2-6-12-18)25-26-24-27-29-30-32(24)20-15-9-4-10-16-20/h2-16,33H,1H3,(H,26,27,30)/b25-22+. The lowest BCUT2D eigenvalue weighted by molar-refractivity contribution is 0.432. The van der Waals surface area contributed by atoms with E-state index in [2.05, 4.69) is 31.2 Å². The first-order valence-electron chi connectivity index (χ1n) is 10.3. The Kier molecular flexibility index (Phi) is 5.34. The van der Waals surface area contributed by atoms with Crippen molar-refractivity contribution in [1.29, 1.82) is 0 Å². The monoisotopic (exact) mass is 436 g/mol. The van der Waals surface area contributed by atoms with Crippen molar-refractivity contribution >= 4 is 11.7 Å². The molecule has 5 rings (SSSR count). The topological polar surface area (TPSA) is 106 Å². The summed E-state index contributed by atoms with van der Waals surface area (Å²) < 4.78 is 3.05. The second-order valence-corrected chi connectivity index (χ2v) is 7.22. The minimum absolute atomic E-state index is 0.00856. The van der Waals surface area contributed by atoms with Gasteiger partial charge < -0.3 is 5.11 Å². The zero-order chi connectivity index (χ0) is 22.6. The lowest BCUT2D eigenvalue weighted by atomic mass is 10.0. The van der Waals surface area contributed by atoms with Gasteiger partial charge in [-0.05, 0) is 41.6 Å². The SMILES string of the molecule is Cc1nn(-c2ccccc2)c(O)c1/C(=N/Nc1nnnn1-c1ccccc1)c1ccccc1. The van der Waals surface area contributed by atoms with Crippen molar-refractivity contribution in [1.82, 2.24) is 30.0 Å². The number of aryl methyl sites for hydroxylation is 1. The zero-order valence-electron chi connectivity index (χ0n) is 17.7. The van der Waals surface area contributed by atoms with Crippen molar-refractivity contribution < 1.29 is 5.11 Å². The van der Waals surface area contributed by atoms with Crippen molar-refractivity contribution in [3.05, 3.63) is 108 Å². The number of nitrogens with zero attached hydrogens (tertiary/aromatic N) is 7. The van der Waals surface area contributed by atoms with Crippen LogP contribution in [0.1, 0.15) is 16.8 Å². The Bertz CT molecular complexity index is 1390. The van der Waals surface area contributed by atoms with Crippen LogP contribution in [0.3, 0.4) is 0 Å². The van der Waals surface area contributed by atoms with Crippen LogP contribution in [0.15, 0.2) is 96.1 Å². The van der Waals surface area contributed by atoms with Gasteiger partial charge >= 0.3 is 0 Å². The number of nitrogens with one attached hydrogen (secondary N) is 1. The highest BCUT2D eigenvalue weighted by molar-refractivity contribution is 6.15. The van der Waals surface area contributed by atoms with Crippen molar-refractivity contribution in [2.45, 2.75) is 6.92 Å². The molecule has 162 valence electrons. The average Bonchev–Trinajstić information content (AvgIpc) is 3.46. The first-order chi connectivity index (χ1) is 16.2. The molecule has 5 aromatic rings. The van der Waals surface area contributed by atoms with Crippen LogP contribution in [-0.4, -0.2) is 40.8 Å². The van der Waals surface area contributed by atoms with E-state index in [0.717, 1.165) is 16.9 Å². The summed E-state index contributed by atoms with van der Waals surface area (Å²) in [7, 11) is 0. The molecule has 3 aromatic carbocycles. The maximum absolute atomic E-state index is 11.1. The van der Waals surface area contributed by atoms with Gasteiger partial charge in [0.25, 0.3) is 5.95 Å². The Hall–Kier alpha value is -4.79. The number of para-hydroxylation sites is 2. The molecule has 0 amide bonds. The molecule has 0 unspecified atom stereocenters. The van der Waals surface area contributed by atoms with Gasteiger partial charge in [0.1, 0.15) is 5.71 Å². The average molecular weight is 436 g/mol. The summed E-state index contributed by atoms with van der Waals surface area (Å²) in [6, 6.07) is 28.5. The zero-order valence-corrected chi connectivity index (χ0v) is 17.7. The van der Waals surface area contributed by atoms with Crippen LogP contribution in [0.25, 0.3) is 11.4 Å². The highest BCUT2D eigenvalue weighted by atomic mass is 16.3. The summed E-state index contributed by atoms with van der Waals surface area (Å²) >= 11 is 0. The Morgan fingerprint density at radius 3 is 2.03 bits per heavy atom. The van der Waals surface area contributed by atoms with Crippen LogP contribution in [-0.2, 0) is 0 Å². The number of hydrogen-bond donors (Lipinski definition) is 2. The van der Waals surface area contributed by atoms with Crippen molar-refractivity contribution in [2.75, 3.05) is 5.43 Å². The van der Waals surface area contributed by atoms with Crippen LogP contribution in [0, 0.1) is 6.92 Å². The summed E-state index contributed by atoms with van der Waals surface area (Å²) in [6.07, 6.45) is 0. The molecule has 0 radical (unpaired) electrons. The quantitative estimate of drug-likeness (QED) is 0.310. The maximum Gasteiger partial charge on any atom is 0.268 e. The van der Waals surface area contributed by atoms with E-state index in [0.29, 0.717) is 22.9 Å². The van der Waals surface area contributed by atoms with E-state index in [4.69, 9.17) is 0 Å². The Labute approximate surface area is 189 Å². The molecular formula is C24H20N8O. The van der Waals surface area contributed by atoms with Gasteiger partial charge in [-0.15, -0.1) is 0 Å². The highest BCUT2D eigenvalue weighted by Gasteiger charge is 2.22. The number of benzene rings is 3. The fraction of sp³-hybridized carbons (Fsp3) is 0.0417. The van der Waals surface area contributed by atoms with Crippen molar-refractivity contribution in [3.8, 4) is 17.3 Å². The molecule has 0 saturated heterocycles. The largest absolute Gasteiger partial charge is 0.493 e. The van der Waals surface area contributed by atoms with E-state index in [1.807, 2.05) is 97.9 Å². The molecule has 0 fully saturated rings. The van der Waals surface area contributed by atoms with E-state index in [-0.39, 0.29) is 5.88 Å². The first-order valence-corrected chi connectivity index (χ1v) is 10.3. The number of anilines is 1. The fourth-order valence-electron chi connectivity index (χ4n) is 3.51. The summed E-state index contributed by atoms with van der Waals surface area (Å²) in [5, 5.41) is 32.2. The third kappa shape index (κ3) is 3.94. The Morgan fingerprint density at radius 2 is 1.39 bits per heavy atom. The smallest absolute Gasteiger partial charge is 0.268 e. The predicted molar refractivity (Wildman–Crippen MR) is 125 cm³/mol. The maximum atomic E-state index is 11.1. The molecule has 0 atom stereocenters. The number of hydrazone groups is 1. The summed E-state index contributed by atoms with van der Waals surface area (Å²) in [6.45, 7) is 1.83. The van der Waals surface area contributed by atoms with Gasteiger partial charge in [-0.25, -0.2) is 10.1 Å². The van der Waals surface area contributed by atoms with Gasteiger partial charge in [0.15, 0.2) is 0 Å². The molecule has 0 aliphatic carbocycles.